The molecule has 1 aromatic heterocycles. The molecule has 2 aromatic carbocycles. The monoisotopic (exact) mass is 406 g/mol. The summed E-state index contributed by atoms with van der Waals surface area (Å²) in [7, 11) is 0. The summed E-state index contributed by atoms with van der Waals surface area (Å²) >= 11 is 0. The predicted molar refractivity (Wildman–Crippen MR) is 116 cm³/mol. The van der Waals surface area contributed by atoms with Crippen molar-refractivity contribution in [3.8, 4) is 5.69 Å². The van der Waals surface area contributed by atoms with Gasteiger partial charge in [-0.1, -0.05) is 55.8 Å². The summed E-state index contributed by atoms with van der Waals surface area (Å²) in [6, 6.07) is 16.7. The number of nitrogens with one attached hydrogen (secondary N) is 1. The van der Waals surface area contributed by atoms with Crippen molar-refractivity contribution in [3.63, 3.8) is 0 Å². The zero-order valence-electron chi connectivity index (χ0n) is 17.0. The molecule has 0 unspecified atom stereocenters. The Kier molecular flexibility index (Phi) is 7.21. The molecule has 3 aromatic rings. The van der Waals surface area contributed by atoms with Crippen molar-refractivity contribution in [1.82, 2.24) is 14.9 Å². The Balaban J connectivity index is 1.64. The lowest BCUT2D eigenvalue weighted by atomic mass is 10.1. The highest BCUT2D eigenvalue weighted by Crippen LogP contribution is 2.20. The predicted octanol–water partition coefficient (Wildman–Crippen LogP) is 3.75. The second kappa shape index (κ2) is 10.2. The Labute approximate surface area is 175 Å². The molecule has 7 heteroatoms. The number of carbonyl (C=O) groups is 2. The second-order valence-electron chi connectivity index (χ2n) is 6.88. The van der Waals surface area contributed by atoms with Gasteiger partial charge in [0.15, 0.2) is 5.82 Å². The smallest absolute Gasteiger partial charge is 0.407 e. The molecular formula is C23H26N4O3. The molecule has 30 heavy (non-hydrogen) atoms. The van der Waals surface area contributed by atoms with E-state index in [-0.39, 0.29) is 11.6 Å². The highest BCUT2D eigenvalue weighted by atomic mass is 16.5. The maximum absolute atomic E-state index is 12.9. The fourth-order valence-electron chi connectivity index (χ4n) is 3.00. The number of nitrogens with zero attached hydrogens (tertiary/aromatic N) is 2. The lowest BCUT2D eigenvalue weighted by molar-refractivity contribution is 0.103. The molecule has 0 saturated carbocycles. The van der Waals surface area contributed by atoms with Crippen LogP contribution in [0.1, 0.15) is 41.4 Å². The number of nitrogens with two attached hydrogens (primary N) is 1. The van der Waals surface area contributed by atoms with Crippen molar-refractivity contribution in [2.24, 2.45) is 0 Å². The molecule has 3 N–H and O–H groups in total. The number of ether oxygens (including phenoxy) is 1. The van der Waals surface area contributed by atoms with Crippen molar-refractivity contribution in [2.45, 2.75) is 26.2 Å². The van der Waals surface area contributed by atoms with E-state index in [0.717, 1.165) is 24.1 Å². The topological polar surface area (TPSA) is 99.2 Å². The Morgan fingerprint density at radius 3 is 2.53 bits per heavy atom. The fourth-order valence-corrected chi connectivity index (χ4v) is 3.00. The standard InChI is InChI=1S/C23H26N4O3/c1-2-3-15-30-23(29)25-14-13-17-9-11-19(12-10-17)27-16-26-22(24)20(27)21(28)18-7-5-4-6-8-18/h4-12,16H,2-3,13-15,24H2,1H3,(H,25,29). The van der Waals surface area contributed by atoms with Crippen molar-refractivity contribution in [2.75, 3.05) is 18.9 Å². The van der Waals surface area contributed by atoms with Gasteiger partial charge in [-0.15, -0.1) is 0 Å². The van der Waals surface area contributed by atoms with Gasteiger partial charge in [0.1, 0.15) is 12.0 Å². The number of nitrogen functional groups attached to an aromatic ring is 1. The first-order valence-electron chi connectivity index (χ1n) is 10.0. The number of hydrogen-bond acceptors (Lipinski definition) is 5. The van der Waals surface area contributed by atoms with Gasteiger partial charge in [0.2, 0.25) is 5.78 Å². The number of benzene rings is 2. The summed E-state index contributed by atoms with van der Waals surface area (Å²) in [4.78, 5) is 28.6. The Hall–Kier alpha value is -3.61. The van der Waals surface area contributed by atoms with Gasteiger partial charge in [-0.25, -0.2) is 9.78 Å². The van der Waals surface area contributed by atoms with Crippen LogP contribution in [0.25, 0.3) is 5.69 Å². The molecule has 0 bridgehead atoms. The lowest BCUT2D eigenvalue weighted by Gasteiger charge is -2.10. The van der Waals surface area contributed by atoms with E-state index in [1.165, 1.54) is 0 Å². The van der Waals surface area contributed by atoms with Gasteiger partial charge in [0.05, 0.1) is 6.61 Å². The summed E-state index contributed by atoms with van der Waals surface area (Å²) in [6.07, 6.45) is 3.68. The number of amides is 1. The number of hydrogen-bond donors (Lipinski definition) is 2. The molecule has 0 aliphatic heterocycles. The average molecular weight is 406 g/mol. The fraction of sp³-hybridized carbons (Fsp3) is 0.261. The number of alkyl carbamates (subject to hydrolysis) is 1. The summed E-state index contributed by atoms with van der Waals surface area (Å²) in [5.74, 6) is 0.0131. The maximum atomic E-state index is 12.9. The molecule has 0 atom stereocenters. The molecule has 1 amide bonds. The molecule has 1 heterocycles. The molecule has 0 saturated heterocycles. The first-order valence-corrected chi connectivity index (χ1v) is 10.0. The van der Waals surface area contributed by atoms with E-state index < -0.39 is 6.09 Å². The molecule has 0 radical (unpaired) electrons. The SMILES string of the molecule is CCCCOC(=O)NCCc1ccc(-n2cnc(N)c2C(=O)c2ccccc2)cc1. The minimum Gasteiger partial charge on any atom is -0.450 e. The van der Waals surface area contributed by atoms with Gasteiger partial charge in [-0.3, -0.25) is 9.36 Å². The summed E-state index contributed by atoms with van der Waals surface area (Å²) < 4.78 is 6.76. The van der Waals surface area contributed by atoms with Crippen LogP contribution in [0.4, 0.5) is 10.6 Å². The molecule has 0 fully saturated rings. The van der Waals surface area contributed by atoms with E-state index in [9.17, 15) is 9.59 Å². The first-order chi connectivity index (χ1) is 14.6. The third-order valence-electron chi connectivity index (χ3n) is 4.68. The van der Waals surface area contributed by atoms with Crippen LogP contribution in [0.3, 0.4) is 0 Å². The van der Waals surface area contributed by atoms with Crippen molar-refractivity contribution < 1.29 is 14.3 Å². The highest BCUT2D eigenvalue weighted by molar-refractivity contribution is 6.10. The number of aromatic nitrogens is 2. The molecule has 3 rings (SSSR count). The summed E-state index contributed by atoms with van der Waals surface area (Å²) in [6.45, 7) is 2.97. The third kappa shape index (κ3) is 5.26. The van der Waals surface area contributed by atoms with Crippen molar-refractivity contribution >= 4 is 17.7 Å². The first kappa shape index (κ1) is 21.1. The maximum Gasteiger partial charge on any atom is 0.407 e. The van der Waals surface area contributed by atoms with Crippen LogP contribution in [-0.4, -0.2) is 34.6 Å². The van der Waals surface area contributed by atoms with Gasteiger partial charge in [-0.2, -0.15) is 0 Å². The van der Waals surface area contributed by atoms with Gasteiger partial charge in [0.25, 0.3) is 0 Å². The molecule has 156 valence electrons. The summed E-state index contributed by atoms with van der Waals surface area (Å²) in [5.41, 5.74) is 8.71. The summed E-state index contributed by atoms with van der Waals surface area (Å²) in [5, 5.41) is 2.74. The van der Waals surface area contributed by atoms with E-state index in [1.807, 2.05) is 49.4 Å². The van der Waals surface area contributed by atoms with E-state index >= 15 is 0 Å². The van der Waals surface area contributed by atoms with Crippen LogP contribution in [0.2, 0.25) is 0 Å². The number of carbonyl (C=O) groups excluding carboxylic acids is 2. The number of ketones is 1. The van der Waals surface area contributed by atoms with E-state index in [2.05, 4.69) is 10.3 Å². The molecule has 0 spiro atoms. The van der Waals surface area contributed by atoms with Crippen LogP contribution < -0.4 is 11.1 Å². The van der Waals surface area contributed by atoms with Crippen LogP contribution in [0, 0.1) is 0 Å². The van der Waals surface area contributed by atoms with Crippen LogP contribution >= 0.6 is 0 Å². The number of imidazole rings is 1. The number of unbranched alkanes of at least 4 members (excludes halogenated alkanes) is 1. The number of rotatable bonds is 9. The third-order valence-corrected chi connectivity index (χ3v) is 4.68. The minimum absolute atomic E-state index is 0.180. The minimum atomic E-state index is -0.391. The lowest BCUT2D eigenvalue weighted by Crippen LogP contribution is -2.26. The Morgan fingerprint density at radius 1 is 1.10 bits per heavy atom. The van der Waals surface area contributed by atoms with E-state index in [0.29, 0.717) is 30.8 Å². The Morgan fingerprint density at radius 2 is 1.83 bits per heavy atom. The molecule has 7 nitrogen and oxygen atoms in total. The quantitative estimate of drug-likeness (QED) is 0.416. The zero-order chi connectivity index (χ0) is 21.3. The number of anilines is 1. The molecule has 0 aliphatic rings. The molecular weight excluding hydrogens is 380 g/mol. The molecule has 0 aliphatic carbocycles. The van der Waals surface area contributed by atoms with Gasteiger partial charge in [0, 0.05) is 17.8 Å². The zero-order valence-corrected chi connectivity index (χ0v) is 17.0. The average Bonchev–Trinajstić information content (AvgIpc) is 3.16. The van der Waals surface area contributed by atoms with Gasteiger partial charge >= 0.3 is 6.09 Å². The van der Waals surface area contributed by atoms with Crippen molar-refractivity contribution in [1.29, 1.82) is 0 Å². The second-order valence-corrected chi connectivity index (χ2v) is 6.88. The van der Waals surface area contributed by atoms with E-state index in [1.54, 1.807) is 23.0 Å². The van der Waals surface area contributed by atoms with Gasteiger partial charge in [-0.05, 0) is 30.5 Å². The van der Waals surface area contributed by atoms with Crippen LogP contribution in [-0.2, 0) is 11.2 Å². The van der Waals surface area contributed by atoms with Crippen molar-refractivity contribution in [3.05, 3.63) is 77.7 Å². The van der Waals surface area contributed by atoms with Crippen LogP contribution in [0.5, 0.6) is 0 Å². The normalized spacial score (nSPS) is 10.6. The highest BCUT2D eigenvalue weighted by Gasteiger charge is 2.19. The van der Waals surface area contributed by atoms with Crippen LogP contribution in [0.15, 0.2) is 60.9 Å². The largest absolute Gasteiger partial charge is 0.450 e. The Bertz CT molecular complexity index is 981. The van der Waals surface area contributed by atoms with Gasteiger partial charge < -0.3 is 15.8 Å². The van der Waals surface area contributed by atoms with E-state index in [4.69, 9.17) is 10.5 Å².